The third-order valence-corrected chi connectivity index (χ3v) is 3.83. The molecule has 1 aliphatic rings. The Morgan fingerprint density at radius 1 is 1.33 bits per heavy atom. The van der Waals surface area contributed by atoms with Crippen LogP contribution in [0.25, 0.3) is 0 Å². The zero-order chi connectivity index (χ0) is 13.0. The molecule has 4 heteroatoms. The SMILES string of the molecule is O=C(O)CNC(c1ccc(Cl)cc1)C1CCCC1. The Bertz CT molecular complexity index is 399. The highest BCUT2D eigenvalue weighted by Gasteiger charge is 2.26. The second kappa shape index (κ2) is 6.21. The van der Waals surface area contributed by atoms with Gasteiger partial charge in [0.1, 0.15) is 0 Å². The van der Waals surface area contributed by atoms with E-state index in [-0.39, 0.29) is 12.6 Å². The normalized spacial score (nSPS) is 17.8. The van der Waals surface area contributed by atoms with Gasteiger partial charge >= 0.3 is 5.97 Å². The molecule has 0 radical (unpaired) electrons. The first kappa shape index (κ1) is 13.4. The van der Waals surface area contributed by atoms with Gasteiger partial charge in [0, 0.05) is 11.1 Å². The standard InChI is InChI=1S/C14H18ClNO2/c15-12-7-5-11(6-8-12)14(16-9-13(17)18)10-3-1-2-4-10/h5-8,10,14,16H,1-4,9H2,(H,17,18). The van der Waals surface area contributed by atoms with E-state index in [1.165, 1.54) is 25.7 Å². The molecule has 0 aliphatic heterocycles. The molecule has 0 heterocycles. The van der Waals surface area contributed by atoms with Crippen molar-refractivity contribution in [2.24, 2.45) is 5.92 Å². The average Bonchev–Trinajstić information content (AvgIpc) is 2.85. The van der Waals surface area contributed by atoms with Gasteiger partial charge in [-0.05, 0) is 36.5 Å². The summed E-state index contributed by atoms with van der Waals surface area (Å²) < 4.78 is 0. The van der Waals surface area contributed by atoms with Crippen LogP contribution < -0.4 is 5.32 Å². The Labute approximate surface area is 112 Å². The number of nitrogens with one attached hydrogen (secondary N) is 1. The fraction of sp³-hybridized carbons (Fsp3) is 0.500. The minimum absolute atomic E-state index is 0.00376. The zero-order valence-electron chi connectivity index (χ0n) is 10.2. The predicted molar refractivity (Wildman–Crippen MR) is 71.8 cm³/mol. The maximum atomic E-state index is 10.7. The molecule has 0 spiro atoms. The molecule has 1 unspecified atom stereocenters. The van der Waals surface area contributed by atoms with Crippen LogP contribution in [0.4, 0.5) is 0 Å². The van der Waals surface area contributed by atoms with Gasteiger partial charge in [-0.2, -0.15) is 0 Å². The molecule has 1 atom stereocenters. The molecule has 1 aromatic rings. The highest BCUT2D eigenvalue weighted by molar-refractivity contribution is 6.30. The van der Waals surface area contributed by atoms with Gasteiger partial charge in [-0.1, -0.05) is 36.6 Å². The second-order valence-electron chi connectivity index (χ2n) is 4.85. The largest absolute Gasteiger partial charge is 0.480 e. The van der Waals surface area contributed by atoms with E-state index in [2.05, 4.69) is 5.32 Å². The van der Waals surface area contributed by atoms with Gasteiger partial charge < -0.3 is 5.11 Å². The van der Waals surface area contributed by atoms with E-state index in [0.29, 0.717) is 10.9 Å². The number of hydrogen-bond acceptors (Lipinski definition) is 2. The molecule has 3 nitrogen and oxygen atoms in total. The number of halogens is 1. The number of aliphatic carboxylic acids is 1. The maximum absolute atomic E-state index is 10.7. The number of carboxylic acids is 1. The van der Waals surface area contributed by atoms with Crippen molar-refractivity contribution in [3.05, 3.63) is 34.9 Å². The summed E-state index contributed by atoms with van der Waals surface area (Å²) >= 11 is 5.89. The lowest BCUT2D eigenvalue weighted by Crippen LogP contribution is -2.31. The summed E-state index contributed by atoms with van der Waals surface area (Å²) in [6, 6.07) is 7.82. The average molecular weight is 268 g/mol. The fourth-order valence-electron chi connectivity index (χ4n) is 2.71. The molecule has 98 valence electrons. The van der Waals surface area contributed by atoms with E-state index >= 15 is 0 Å². The number of carboxylic acid groups (broad SMARTS) is 1. The molecule has 2 rings (SSSR count). The predicted octanol–water partition coefficient (Wildman–Crippen LogP) is 3.25. The van der Waals surface area contributed by atoms with Gasteiger partial charge in [-0.3, -0.25) is 10.1 Å². The van der Waals surface area contributed by atoms with Crippen LogP contribution in [0.1, 0.15) is 37.3 Å². The van der Waals surface area contributed by atoms with Crippen molar-refractivity contribution in [2.75, 3.05) is 6.54 Å². The van der Waals surface area contributed by atoms with E-state index in [4.69, 9.17) is 16.7 Å². The highest BCUT2D eigenvalue weighted by Crippen LogP contribution is 2.35. The lowest BCUT2D eigenvalue weighted by molar-refractivity contribution is -0.136. The van der Waals surface area contributed by atoms with Crippen molar-refractivity contribution in [1.29, 1.82) is 0 Å². The lowest BCUT2D eigenvalue weighted by Gasteiger charge is -2.24. The minimum atomic E-state index is -0.813. The Kier molecular flexibility index (Phi) is 4.61. The minimum Gasteiger partial charge on any atom is -0.480 e. The van der Waals surface area contributed by atoms with Crippen molar-refractivity contribution in [3.63, 3.8) is 0 Å². The van der Waals surface area contributed by atoms with Crippen LogP contribution in [0.15, 0.2) is 24.3 Å². The van der Waals surface area contributed by atoms with E-state index in [1.54, 1.807) is 0 Å². The summed E-state index contributed by atoms with van der Waals surface area (Å²) in [6.07, 6.45) is 4.81. The fourth-order valence-corrected chi connectivity index (χ4v) is 2.84. The lowest BCUT2D eigenvalue weighted by atomic mass is 9.91. The van der Waals surface area contributed by atoms with Gasteiger partial charge in [0.25, 0.3) is 0 Å². The van der Waals surface area contributed by atoms with Crippen molar-refractivity contribution in [2.45, 2.75) is 31.7 Å². The monoisotopic (exact) mass is 267 g/mol. The van der Waals surface area contributed by atoms with E-state index in [1.807, 2.05) is 24.3 Å². The molecular formula is C14H18ClNO2. The van der Waals surface area contributed by atoms with Gasteiger partial charge in [-0.15, -0.1) is 0 Å². The van der Waals surface area contributed by atoms with Crippen LogP contribution in [0, 0.1) is 5.92 Å². The molecule has 1 aliphatic carbocycles. The Balaban J connectivity index is 2.12. The molecule has 0 saturated heterocycles. The van der Waals surface area contributed by atoms with E-state index in [0.717, 1.165) is 5.56 Å². The molecule has 1 fully saturated rings. The number of hydrogen-bond donors (Lipinski definition) is 2. The van der Waals surface area contributed by atoms with Crippen LogP contribution in [0.2, 0.25) is 5.02 Å². The summed E-state index contributed by atoms with van der Waals surface area (Å²) in [6.45, 7) is 0.00376. The molecule has 0 aromatic heterocycles. The highest BCUT2D eigenvalue weighted by atomic mass is 35.5. The molecule has 2 N–H and O–H groups in total. The zero-order valence-corrected chi connectivity index (χ0v) is 11.0. The summed E-state index contributed by atoms with van der Waals surface area (Å²) in [5.74, 6) is -0.280. The summed E-state index contributed by atoms with van der Waals surface area (Å²) in [7, 11) is 0. The van der Waals surface area contributed by atoms with Gasteiger partial charge in [0.15, 0.2) is 0 Å². The van der Waals surface area contributed by atoms with E-state index in [9.17, 15) is 4.79 Å². The Morgan fingerprint density at radius 3 is 2.50 bits per heavy atom. The van der Waals surface area contributed by atoms with Crippen molar-refractivity contribution in [1.82, 2.24) is 5.32 Å². The van der Waals surface area contributed by atoms with Crippen LogP contribution >= 0.6 is 11.6 Å². The van der Waals surface area contributed by atoms with Crippen LogP contribution in [-0.4, -0.2) is 17.6 Å². The first-order chi connectivity index (χ1) is 8.66. The van der Waals surface area contributed by atoms with Gasteiger partial charge in [0.05, 0.1) is 6.54 Å². The summed E-state index contributed by atoms with van der Waals surface area (Å²) in [4.78, 5) is 10.7. The third kappa shape index (κ3) is 3.47. The van der Waals surface area contributed by atoms with Crippen molar-refractivity contribution < 1.29 is 9.90 Å². The van der Waals surface area contributed by atoms with Crippen molar-refractivity contribution in [3.8, 4) is 0 Å². The topological polar surface area (TPSA) is 49.3 Å². The number of carbonyl (C=O) groups is 1. The molecule has 18 heavy (non-hydrogen) atoms. The van der Waals surface area contributed by atoms with Gasteiger partial charge in [-0.25, -0.2) is 0 Å². The molecule has 0 amide bonds. The second-order valence-corrected chi connectivity index (χ2v) is 5.28. The summed E-state index contributed by atoms with van der Waals surface area (Å²) in [5.41, 5.74) is 1.13. The first-order valence-corrected chi connectivity index (χ1v) is 6.75. The molecule has 0 bridgehead atoms. The third-order valence-electron chi connectivity index (χ3n) is 3.57. The number of rotatable bonds is 5. The van der Waals surface area contributed by atoms with Gasteiger partial charge in [0.2, 0.25) is 0 Å². The Morgan fingerprint density at radius 2 is 1.94 bits per heavy atom. The Hall–Kier alpha value is -1.06. The molecule has 1 aromatic carbocycles. The number of benzene rings is 1. The van der Waals surface area contributed by atoms with Crippen molar-refractivity contribution >= 4 is 17.6 Å². The smallest absolute Gasteiger partial charge is 0.317 e. The molecule has 1 saturated carbocycles. The maximum Gasteiger partial charge on any atom is 0.317 e. The first-order valence-electron chi connectivity index (χ1n) is 6.37. The summed E-state index contributed by atoms with van der Waals surface area (Å²) in [5, 5.41) is 12.7. The quantitative estimate of drug-likeness (QED) is 0.861. The van der Waals surface area contributed by atoms with Crippen LogP contribution in [0.5, 0.6) is 0 Å². The van der Waals surface area contributed by atoms with Crippen LogP contribution in [0.3, 0.4) is 0 Å². The van der Waals surface area contributed by atoms with Crippen LogP contribution in [-0.2, 0) is 4.79 Å². The molecular weight excluding hydrogens is 250 g/mol. The van der Waals surface area contributed by atoms with E-state index < -0.39 is 5.97 Å².